The molecule has 0 aromatic rings. The lowest BCUT2D eigenvalue weighted by molar-refractivity contribution is -0.244. The molecule has 0 radical (unpaired) electrons. The monoisotopic (exact) mass is 809 g/mol. The van der Waals surface area contributed by atoms with Crippen LogP contribution in [-0.4, -0.2) is 12.1 Å². The van der Waals surface area contributed by atoms with Gasteiger partial charge in [-0.25, -0.2) is 0 Å². The van der Waals surface area contributed by atoms with Crippen LogP contribution in [0.3, 0.4) is 0 Å². The number of rotatable bonds is 8. The van der Waals surface area contributed by atoms with E-state index in [0.29, 0.717) is 44.8 Å². The molecule has 0 aromatic heterocycles. The molecular weight excluding hydrogens is 717 g/mol. The van der Waals surface area contributed by atoms with Crippen LogP contribution >= 0.6 is 0 Å². The van der Waals surface area contributed by atoms with E-state index in [9.17, 15) is 0 Å². The highest BCUT2D eigenvalue weighted by atomic mass is 16.5. The van der Waals surface area contributed by atoms with Gasteiger partial charge >= 0.3 is 5.97 Å². The minimum Gasteiger partial charge on any atom is -0.462 e. The molecule has 59 heavy (non-hydrogen) atoms. The molecule has 2 heteroatoms. The van der Waals surface area contributed by atoms with Crippen LogP contribution < -0.4 is 0 Å². The molecular formula is C57H92O2. The van der Waals surface area contributed by atoms with Crippen LogP contribution in [0.2, 0.25) is 0 Å². The van der Waals surface area contributed by atoms with Crippen molar-refractivity contribution in [2.45, 2.75) is 224 Å². The van der Waals surface area contributed by atoms with Crippen LogP contribution in [-0.2, 0) is 9.53 Å². The quantitative estimate of drug-likeness (QED) is 0.139. The Kier molecular flexibility index (Phi) is 10.8. The van der Waals surface area contributed by atoms with Gasteiger partial charge in [-0.3, -0.25) is 4.79 Å². The second-order valence-corrected chi connectivity index (χ2v) is 26.6. The minimum absolute atomic E-state index is 0.0571. The Morgan fingerprint density at radius 2 is 1.49 bits per heavy atom. The third-order valence-electron chi connectivity index (χ3n) is 24.1. The summed E-state index contributed by atoms with van der Waals surface area (Å²) < 4.78 is 7.01. The predicted octanol–water partition coefficient (Wildman–Crippen LogP) is 16.0. The molecule has 0 bridgehead atoms. The van der Waals surface area contributed by atoms with Crippen molar-refractivity contribution in [3.05, 3.63) is 23.8 Å². The number of unbranched alkanes of at least 4 members (excludes halogenated alkanes) is 1. The van der Waals surface area contributed by atoms with E-state index in [4.69, 9.17) is 4.74 Å². The topological polar surface area (TPSA) is 26.3 Å². The fourth-order valence-electron chi connectivity index (χ4n) is 20.2. The Hall–Kier alpha value is -1.05. The summed E-state index contributed by atoms with van der Waals surface area (Å²) in [6.07, 6.45) is 31.4. The van der Waals surface area contributed by atoms with Crippen LogP contribution in [0.4, 0.5) is 0 Å². The molecule has 0 aromatic carbocycles. The second kappa shape index (κ2) is 14.7. The average molecular weight is 809 g/mol. The van der Waals surface area contributed by atoms with E-state index >= 15 is 4.79 Å². The molecule has 0 heterocycles. The van der Waals surface area contributed by atoms with Crippen LogP contribution in [0.1, 0.15) is 217 Å². The van der Waals surface area contributed by atoms with Gasteiger partial charge < -0.3 is 4.74 Å². The first-order chi connectivity index (χ1) is 27.8. The molecule has 17 atom stereocenters. The summed E-state index contributed by atoms with van der Waals surface area (Å²) in [6, 6.07) is 0. The number of carbonyl (C=O) groups is 1. The molecule has 8 fully saturated rings. The van der Waals surface area contributed by atoms with Crippen LogP contribution in [0.15, 0.2) is 23.8 Å². The molecule has 2 nitrogen and oxygen atoms in total. The Bertz CT molecular complexity index is 1670. The van der Waals surface area contributed by atoms with E-state index in [1.807, 2.05) is 0 Å². The SMILES string of the molecule is C=C(C)C1CC[C@]2(C(=O)O[C@@H]3CC[C@@]4(C)C(=CC[C@H]5[C@@H]6CC[C@H](CCCCC(C)C)[C@@]6(C)CC[C@@H]54)C3)CC[C@]3(C)[C@H](CC[C@@H]4[C@@]5(C)CCC(C)C(C)(C)C5CC[C@]43C)C12. The second-order valence-electron chi connectivity index (χ2n) is 26.6. The Labute approximate surface area is 364 Å². The van der Waals surface area contributed by atoms with Crippen LogP contribution in [0, 0.1) is 103 Å². The number of fused-ring (bicyclic) bond motifs is 12. The van der Waals surface area contributed by atoms with E-state index in [0.717, 1.165) is 79.4 Å². The Morgan fingerprint density at radius 3 is 2.24 bits per heavy atom. The van der Waals surface area contributed by atoms with Gasteiger partial charge in [0.2, 0.25) is 0 Å². The zero-order chi connectivity index (χ0) is 42.1. The lowest BCUT2D eigenvalue weighted by atomic mass is 9.32. The smallest absolute Gasteiger partial charge is 0.312 e. The summed E-state index contributed by atoms with van der Waals surface area (Å²) in [5, 5.41) is 0. The van der Waals surface area contributed by atoms with Gasteiger partial charge in [0.05, 0.1) is 5.41 Å². The predicted molar refractivity (Wildman–Crippen MR) is 247 cm³/mol. The third-order valence-corrected chi connectivity index (χ3v) is 24.1. The summed E-state index contributed by atoms with van der Waals surface area (Å²) >= 11 is 0. The zero-order valence-corrected chi connectivity index (χ0v) is 40.6. The van der Waals surface area contributed by atoms with E-state index < -0.39 is 0 Å². The summed E-state index contributed by atoms with van der Waals surface area (Å²) in [5.41, 5.74) is 4.98. The summed E-state index contributed by atoms with van der Waals surface area (Å²) in [7, 11) is 0. The fraction of sp³-hybridized carbons (Fsp3) is 0.912. The van der Waals surface area contributed by atoms with Gasteiger partial charge in [-0.2, -0.15) is 0 Å². The molecule has 8 saturated carbocycles. The minimum atomic E-state index is -0.325. The first-order valence-electron chi connectivity index (χ1n) is 26.3. The zero-order valence-electron chi connectivity index (χ0n) is 40.6. The van der Waals surface area contributed by atoms with E-state index in [2.05, 4.69) is 88.8 Å². The van der Waals surface area contributed by atoms with Crippen LogP contribution in [0.5, 0.6) is 0 Å². The third kappa shape index (κ3) is 6.17. The van der Waals surface area contributed by atoms with Gasteiger partial charge in [0, 0.05) is 6.42 Å². The van der Waals surface area contributed by atoms with Gasteiger partial charge in [0.1, 0.15) is 6.10 Å². The molecule has 4 unspecified atom stereocenters. The number of ether oxygens (including phenoxy) is 1. The van der Waals surface area contributed by atoms with Crippen molar-refractivity contribution in [1.82, 2.24) is 0 Å². The maximum atomic E-state index is 15.2. The van der Waals surface area contributed by atoms with Gasteiger partial charge in [-0.1, -0.05) is 112 Å². The van der Waals surface area contributed by atoms with E-state index in [1.165, 1.54) is 115 Å². The van der Waals surface area contributed by atoms with Crippen molar-refractivity contribution in [2.75, 3.05) is 0 Å². The Morgan fingerprint density at radius 1 is 0.746 bits per heavy atom. The fourth-order valence-corrected chi connectivity index (χ4v) is 20.2. The maximum absolute atomic E-state index is 15.2. The molecule has 9 rings (SSSR count). The molecule has 9 aliphatic rings. The highest BCUT2D eigenvalue weighted by Crippen LogP contribution is 2.78. The van der Waals surface area contributed by atoms with Crippen molar-refractivity contribution in [3.8, 4) is 0 Å². The normalized spacial score (nSPS) is 52.1. The summed E-state index contributed by atoms with van der Waals surface area (Å²) in [6.45, 7) is 33.1. The summed E-state index contributed by atoms with van der Waals surface area (Å²) in [5.74, 6) is 8.45. The molecule has 9 aliphatic carbocycles. The van der Waals surface area contributed by atoms with Crippen molar-refractivity contribution in [3.63, 3.8) is 0 Å². The molecule has 0 amide bonds. The molecule has 332 valence electrons. The number of esters is 1. The first-order valence-corrected chi connectivity index (χ1v) is 26.3. The number of carbonyl (C=O) groups excluding carboxylic acids is 1. The standard InChI is InChI=1S/C57H92O2/c1-36(2)15-13-14-16-39-18-20-44-43-19-17-40-35-41(24-29-53(40,9)45(43)26-30-52(39,44)8)59-50(58)57-32-25-42(37(3)4)49(57)46-21-22-48-54(10)28-23-38(5)51(6,7)47(54)27-31-56(48,12)55(46,11)33-34-57/h17,36,38-39,41-49H,3,13-16,18-35H2,1-2,4-12H3/t38?,39-,41+,42?,43-,44-,45-,46+,47?,48+,49?,52+,53-,54-,55+,56+,57-/m0/s1. The maximum Gasteiger partial charge on any atom is 0.312 e. The van der Waals surface area contributed by atoms with Gasteiger partial charge in [0.15, 0.2) is 0 Å². The average Bonchev–Trinajstić information content (AvgIpc) is 3.74. The molecule has 0 aliphatic heterocycles. The van der Waals surface area contributed by atoms with E-state index in [1.54, 1.807) is 5.57 Å². The van der Waals surface area contributed by atoms with Crippen molar-refractivity contribution < 1.29 is 9.53 Å². The van der Waals surface area contributed by atoms with Gasteiger partial charge in [-0.15, -0.1) is 0 Å². The molecule has 0 spiro atoms. The van der Waals surface area contributed by atoms with Gasteiger partial charge in [-0.05, 0) is 220 Å². The highest BCUT2D eigenvalue weighted by molar-refractivity contribution is 5.78. The number of hydrogen-bond acceptors (Lipinski definition) is 2. The number of allylic oxidation sites excluding steroid dienone is 2. The molecule has 0 saturated heterocycles. The lowest BCUT2D eigenvalue weighted by Gasteiger charge is -2.73. The Balaban J connectivity index is 0.910. The highest BCUT2D eigenvalue weighted by Gasteiger charge is 2.72. The summed E-state index contributed by atoms with van der Waals surface area (Å²) in [4.78, 5) is 15.2. The van der Waals surface area contributed by atoms with Crippen molar-refractivity contribution in [2.24, 2.45) is 103 Å². The van der Waals surface area contributed by atoms with Crippen LogP contribution in [0.25, 0.3) is 0 Å². The van der Waals surface area contributed by atoms with E-state index in [-0.39, 0.29) is 22.9 Å². The molecule has 0 N–H and O–H groups in total. The lowest BCUT2D eigenvalue weighted by Crippen LogP contribution is -2.66. The van der Waals surface area contributed by atoms with Crippen molar-refractivity contribution >= 4 is 5.97 Å². The number of hydrogen-bond donors (Lipinski definition) is 0. The van der Waals surface area contributed by atoms with Crippen molar-refractivity contribution in [1.29, 1.82) is 0 Å². The van der Waals surface area contributed by atoms with Gasteiger partial charge in [0.25, 0.3) is 0 Å². The largest absolute Gasteiger partial charge is 0.462 e. The first kappa shape index (κ1) is 43.2.